The van der Waals surface area contributed by atoms with Crippen molar-refractivity contribution < 1.29 is 4.74 Å². The highest BCUT2D eigenvalue weighted by molar-refractivity contribution is 5.14. The third-order valence-corrected chi connectivity index (χ3v) is 2.85. The molecule has 2 unspecified atom stereocenters. The van der Waals surface area contributed by atoms with Gasteiger partial charge in [-0.05, 0) is 39.2 Å². The van der Waals surface area contributed by atoms with E-state index in [1.807, 2.05) is 6.92 Å². The molecule has 0 radical (unpaired) electrons. The first-order valence-corrected chi connectivity index (χ1v) is 6.60. The van der Waals surface area contributed by atoms with Gasteiger partial charge >= 0.3 is 0 Å². The first-order valence-electron chi connectivity index (χ1n) is 6.60. The van der Waals surface area contributed by atoms with E-state index in [1.54, 1.807) is 0 Å². The van der Waals surface area contributed by atoms with Crippen molar-refractivity contribution in [2.45, 2.75) is 45.7 Å². The molecule has 2 heteroatoms. The number of ether oxygens (including phenoxy) is 1. The molecular weight excluding hydrogens is 210 g/mol. The average Bonchev–Trinajstić information content (AvgIpc) is 2.35. The molecule has 17 heavy (non-hydrogen) atoms. The lowest BCUT2D eigenvalue weighted by Gasteiger charge is -2.19. The van der Waals surface area contributed by atoms with Crippen LogP contribution in [0, 0.1) is 0 Å². The topological polar surface area (TPSA) is 21.3 Å². The summed E-state index contributed by atoms with van der Waals surface area (Å²) in [6.07, 6.45) is 2.30. The minimum atomic E-state index is 0.431. The largest absolute Gasteiger partial charge is 0.380 e. The number of hydrogen-bond donors (Lipinski definition) is 1. The second-order valence-electron chi connectivity index (χ2n) is 4.65. The highest BCUT2D eigenvalue weighted by Gasteiger charge is 2.07. The predicted octanol–water partition coefficient (Wildman–Crippen LogP) is 3.02. The molecular formula is C15H25NO. The fourth-order valence-corrected chi connectivity index (χ4v) is 1.94. The van der Waals surface area contributed by atoms with Crippen LogP contribution in [0.4, 0.5) is 0 Å². The van der Waals surface area contributed by atoms with Crippen LogP contribution in [0.25, 0.3) is 0 Å². The molecule has 0 saturated heterocycles. The minimum absolute atomic E-state index is 0.431. The standard InChI is InChI=1S/C15H25NO/c1-4-17-12-14(3)16-13(2)10-11-15-8-6-5-7-9-15/h5-9,13-14,16H,4,10-12H2,1-3H3. The predicted molar refractivity (Wildman–Crippen MR) is 73.3 cm³/mol. The monoisotopic (exact) mass is 235 g/mol. The van der Waals surface area contributed by atoms with Crippen LogP contribution in [0.15, 0.2) is 30.3 Å². The van der Waals surface area contributed by atoms with Crippen molar-refractivity contribution in [1.82, 2.24) is 5.32 Å². The van der Waals surface area contributed by atoms with Crippen LogP contribution in [0.5, 0.6) is 0 Å². The van der Waals surface area contributed by atoms with Crippen molar-refractivity contribution in [2.75, 3.05) is 13.2 Å². The van der Waals surface area contributed by atoms with Crippen molar-refractivity contribution >= 4 is 0 Å². The van der Waals surface area contributed by atoms with Crippen LogP contribution >= 0.6 is 0 Å². The third-order valence-electron chi connectivity index (χ3n) is 2.85. The lowest BCUT2D eigenvalue weighted by atomic mass is 10.1. The van der Waals surface area contributed by atoms with E-state index in [9.17, 15) is 0 Å². The van der Waals surface area contributed by atoms with Crippen molar-refractivity contribution in [3.8, 4) is 0 Å². The molecule has 0 fully saturated rings. The van der Waals surface area contributed by atoms with Crippen LogP contribution in [-0.4, -0.2) is 25.3 Å². The molecule has 0 aromatic heterocycles. The van der Waals surface area contributed by atoms with Crippen molar-refractivity contribution in [3.63, 3.8) is 0 Å². The Kier molecular flexibility index (Phi) is 6.90. The van der Waals surface area contributed by atoms with E-state index in [0.717, 1.165) is 19.6 Å². The van der Waals surface area contributed by atoms with Gasteiger partial charge in [-0.1, -0.05) is 30.3 Å². The molecule has 0 aliphatic rings. The van der Waals surface area contributed by atoms with Gasteiger partial charge in [0.2, 0.25) is 0 Å². The summed E-state index contributed by atoms with van der Waals surface area (Å²) in [5, 5.41) is 3.56. The molecule has 2 nitrogen and oxygen atoms in total. The fraction of sp³-hybridized carbons (Fsp3) is 0.600. The quantitative estimate of drug-likeness (QED) is 0.748. The smallest absolute Gasteiger partial charge is 0.0616 e. The summed E-state index contributed by atoms with van der Waals surface area (Å²) in [5.41, 5.74) is 1.42. The molecule has 96 valence electrons. The van der Waals surface area contributed by atoms with E-state index in [0.29, 0.717) is 12.1 Å². The zero-order valence-electron chi connectivity index (χ0n) is 11.3. The van der Waals surface area contributed by atoms with E-state index in [4.69, 9.17) is 4.74 Å². The zero-order chi connectivity index (χ0) is 12.5. The Balaban J connectivity index is 2.19. The van der Waals surface area contributed by atoms with Crippen LogP contribution in [0.3, 0.4) is 0 Å². The Morgan fingerprint density at radius 3 is 2.47 bits per heavy atom. The van der Waals surface area contributed by atoms with E-state index in [1.165, 1.54) is 12.0 Å². The number of rotatable bonds is 8. The second kappa shape index (κ2) is 8.26. The maximum absolute atomic E-state index is 5.40. The second-order valence-corrected chi connectivity index (χ2v) is 4.65. The van der Waals surface area contributed by atoms with Crippen LogP contribution in [0.1, 0.15) is 32.8 Å². The summed E-state index contributed by atoms with van der Waals surface area (Å²) < 4.78 is 5.40. The highest BCUT2D eigenvalue weighted by atomic mass is 16.5. The van der Waals surface area contributed by atoms with Gasteiger partial charge in [-0.2, -0.15) is 0 Å². The number of aryl methyl sites for hydroxylation is 1. The van der Waals surface area contributed by atoms with Crippen LogP contribution in [0.2, 0.25) is 0 Å². The number of benzene rings is 1. The first-order chi connectivity index (χ1) is 8.22. The van der Waals surface area contributed by atoms with Gasteiger partial charge in [0.05, 0.1) is 6.61 Å². The zero-order valence-corrected chi connectivity index (χ0v) is 11.3. The van der Waals surface area contributed by atoms with Crippen molar-refractivity contribution in [1.29, 1.82) is 0 Å². The maximum Gasteiger partial charge on any atom is 0.0616 e. The Labute approximate surface area is 105 Å². The molecule has 1 N–H and O–H groups in total. The summed E-state index contributed by atoms with van der Waals surface area (Å²) in [5.74, 6) is 0. The molecule has 1 rings (SSSR count). The highest BCUT2D eigenvalue weighted by Crippen LogP contribution is 2.05. The SMILES string of the molecule is CCOCC(C)NC(C)CCc1ccccc1. The maximum atomic E-state index is 5.40. The number of hydrogen-bond acceptors (Lipinski definition) is 2. The summed E-state index contributed by atoms with van der Waals surface area (Å²) in [4.78, 5) is 0. The number of nitrogens with one attached hydrogen (secondary N) is 1. The summed E-state index contributed by atoms with van der Waals surface area (Å²) >= 11 is 0. The molecule has 2 atom stereocenters. The first kappa shape index (κ1) is 14.2. The molecule has 0 bridgehead atoms. The molecule has 0 heterocycles. The summed E-state index contributed by atoms with van der Waals surface area (Å²) in [7, 11) is 0. The van der Waals surface area contributed by atoms with E-state index >= 15 is 0 Å². The van der Waals surface area contributed by atoms with Crippen molar-refractivity contribution in [3.05, 3.63) is 35.9 Å². The van der Waals surface area contributed by atoms with Gasteiger partial charge in [0.1, 0.15) is 0 Å². The Morgan fingerprint density at radius 1 is 1.12 bits per heavy atom. The Hall–Kier alpha value is -0.860. The van der Waals surface area contributed by atoms with Gasteiger partial charge in [0, 0.05) is 18.7 Å². The average molecular weight is 235 g/mol. The van der Waals surface area contributed by atoms with Gasteiger partial charge in [0.15, 0.2) is 0 Å². The molecule has 0 aliphatic carbocycles. The van der Waals surface area contributed by atoms with Gasteiger partial charge in [0.25, 0.3) is 0 Å². The lowest BCUT2D eigenvalue weighted by molar-refractivity contribution is 0.124. The minimum Gasteiger partial charge on any atom is -0.380 e. The summed E-state index contributed by atoms with van der Waals surface area (Å²) in [6, 6.07) is 11.6. The molecule has 0 saturated carbocycles. The Morgan fingerprint density at radius 2 is 1.82 bits per heavy atom. The van der Waals surface area contributed by atoms with Gasteiger partial charge < -0.3 is 10.1 Å². The van der Waals surface area contributed by atoms with Gasteiger partial charge in [-0.3, -0.25) is 0 Å². The molecule has 1 aromatic carbocycles. The lowest BCUT2D eigenvalue weighted by Crippen LogP contribution is -2.37. The fourth-order valence-electron chi connectivity index (χ4n) is 1.94. The Bertz CT molecular complexity index is 286. The van der Waals surface area contributed by atoms with Gasteiger partial charge in [-0.15, -0.1) is 0 Å². The van der Waals surface area contributed by atoms with Crippen LogP contribution < -0.4 is 5.32 Å². The third kappa shape index (κ3) is 6.44. The molecule has 1 aromatic rings. The van der Waals surface area contributed by atoms with Gasteiger partial charge in [-0.25, -0.2) is 0 Å². The summed E-state index contributed by atoms with van der Waals surface area (Å²) in [6.45, 7) is 8.04. The van der Waals surface area contributed by atoms with Crippen LogP contribution in [-0.2, 0) is 11.2 Å². The van der Waals surface area contributed by atoms with E-state index < -0.39 is 0 Å². The molecule has 0 amide bonds. The van der Waals surface area contributed by atoms with Crippen molar-refractivity contribution in [2.24, 2.45) is 0 Å². The van der Waals surface area contributed by atoms with E-state index in [-0.39, 0.29) is 0 Å². The van der Waals surface area contributed by atoms with E-state index in [2.05, 4.69) is 49.5 Å². The molecule has 0 aliphatic heterocycles. The molecule has 0 spiro atoms. The normalized spacial score (nSPS) is 14.5.